The number of alkyl halides is 3. The van der Waals surface area contributed by atoms with Gasteiger partial charge in [0.15, 0.2) is 0 Å². The third-order valence-corrected chi connectivity index (χ3v) is 6.10. The maximum atomic E-state index is 13.8. The van der Waals surface area contributed by atoms with Crippen molar-refractivity contribution in [3.63, 3.8) is 0 Å². The number of rotatable bonds is 5. The largest absolute Gasteiger partial charge is 0.417 e. The lowest BCUT2D eigenvalue weighted by Gasteiger charge is -2.16. The number of hydrogen-bond donors (Lipinski definition) is 2. The highest BCUT2D eigenvalue weighted by Gasteiger charge is 2.35. The maximum Gasteiger partial charge on any atom is 0.417 e. The first-order valence-corrected chi connectivity index (χ1v) is 11.5. The van der Waals surface area contributed by atoms with Crippen LogP contribution in [0.15, 0.2) is 85.1 Å². The van der Waals surface area contributed by atoms with Gasteiger partial charge in [-0.1, -0.05) is 35.9 Å². The van der Waals surface area contributed by atoms with E-state index in [2.05, 4.69) is 15.4 Å². The first-order chi connectivity index (χ1) is 18.1. The van der Waals surface area contributed by atoms with Crippen molar-refractivity contribution in [1.29, 1.82) is 0 Å². The van der Waals surface area contributed by atoms with E-state index in [9.17, 15) is 22.8 Å². The van der Waals surface area contributed by atoms with E-state index in [1.54, 1.807) is 48.5 Å². The van der Waals surface area contributed by atoms with Gasteiger partial charge in [-0.3, -0.25) is 14.6 Å². The van der Waals surface area contributed by atoms with Gasteiger partial charge in [-0.25, -0.2) is 4.68 Å². The van der Waals surface area contributed by atoms with Crippen molar-refractivity contribution in [2.75, 3.05) is 5.32 Å². The van der Waals surface area contributed by atoms with Crippen LogP contribution in [0.1, 0.15) is 26.3 Å². The highest BCUT2D eigenvalue weighted by atomic mass is 35.5. The Balaban J connectivity index is 1.64. The number of hydrogen-bond acceptors (Lipinski definition) is 4. The van der Waals surface area contributed by atoms with Crippen molar-refractivity contribution >= 4 is 40.1 Å². The number of nitrogens with two attached hydrogens (primary N) is 1. The predicted octanol–water partition coefficient (Wildman–Crippen LogP) is 6.11. The molecule has 38 heavy (non-hydrogen) atoms. The van der Waals surface area contributed by atoms with Crippen LogP contribution in [0, 0.1) is 0 Å². The van der Waals surface area contributed by atoms with Crippen LogP contribution >= 0.6 is 11.6 Å². The molecule has 0 spiro atoms. The Labute approximate surface area is 218 Å². The van der Waals surface area contributed by atoms with E-state index >= 15 is 0 Å². The van der Waals surface area contributed by atoms with E-state index < -0.39 is 23.6 Å². The fourth-order valence-electron chi connectivity index (χ4n) is 4.01. The summed E-state index contributed by atoms with van der Waals surface area (Å²) in [6.07, 6.45) is -3.37. The fraction of sp³-hybridized carbons (Fsp3) is 0.0370. The predicted molar refractivity (Wildman–Crippen MR) is 137 cm³/mol. The number of fused-ring (bicyclic) bond motifs is 1. The van der Waals surface area contributed by atoms with Gasteiger partial charge in [-0.05, 0) is 54.6 Å². The number of primary amides is 1. The Morgan fingerprint density at radius 3 is 2.34 bits per heavy atom. The highest BCUT2D eigenvalue weighted by molar-refractivity contribution is 6.34. The molecule has 11 heteroatoms. The monoisotopic (exact) mass is 535 g/mol. The average Bonchev–Trinajstić information content (AvgIpc) is 3.26. The van der Waals surface area contributed by atoms with E-state index in [1.807, 2.05) is 0 Å². The number of nitrogens with one attached hydrogen (secondary N) is 1. The second-order valence-electron chi connectivity index (χ2n) is 8.24. The third kappa shape index (κ3) is 4.69. The van der Waals surface area contributed by atoms with Gasteiger partial charge in [0.25, 0.3) is 5.91 Å². The number of anilines is 1. The number of carbonyl (C=O) groups is 2. The Morgan fingerprint density at radius 1 is 0.947 bits per heavy atom. The highest BCUT2D eigenvalue weighted by Crippen LogP contribution is 2.40. The fourth-order valence-corrected chi connectivity index (χ4v) is 4.26. The van der Waals surface area contributed by atoms with E-state index in [4.69, 9.17) is 17.3 Å². The van der Waals surface area contributed by atoms with E-state index in [0.717, 1.165) is 6.07 Å². The molecule has 0 aliphatic heterocycles. The molecule has 0 radical (unpaired) electrons. The van der Waals surface area contributed by atoms with Gasteiger partial charge < -0.3 is 11.1 Å². The lowest BCUT2D eigenvalue weighted by atomic mass is 9.99. The van der Waals surface area contributed by atoms with E-state index in [0.29, 0.717) is 22.7 Å². The zero-order valence-corrected chi connectivity index (χ0v) is 20.1. The standard InChI is InChI=1S/C27H17ClF3N5O2/c28-21-14-20(27(29,30)31)18(22-8-4-5-11-33-22)13-19(21)26(38)34-25-17-10-9-15(24(32)37)12-23(17)35-36(25)16-6-2-1-3-7-16/h1-14H,(H2,32,37)(H,34,38). The summed E-state index contributed by atoms with van der Waals surface area (Å²) >= 11 is 6.21. The lowest BCUT2D eigenvalue weighted by Crippen LogP contribution is -2.17. The summed E-state index contributed by atoms with van der Waals surface area (Å²) < 4.78 is 42.9. The minimum Gasteiger partial charge on any atom is -0.366 e. The average molecular weight is 536 g/mol. The summed E-state index contributed by atoms with van der Waals surface area (Å²) in [6, 6.07) is 19.7. The first-order valence-electron chi connectivity index (χ1n) is 11.1. The van der Waals surface area contributed by atoms with Crippen molar-refractivity contribution in [2.45, 2.75) is 6.18 Å². The summed E-state index contributed by atoms with van der Waals surface area (Å²) in [7, 11) is 0. The van der Waals surface area contributed by atoms with Crippen LogP contribution in [-0.2, 0) is 6.18 Å². The Hall–Kier alpha value is -4.70. The molecule has 0 atom stereocenters. The number of amides is 2. The van der Waals surface area contributed by atoms with Crippen LogP contribution in [-0.4, -0.2) is 26.6 Å². The maximum absolute atomic E-state index is 13.8. The van der Waals surface area contributed by atoms with Crippen LogP contribution in [0.2, 0.25) is 5.02 Å². The smallest absolute Gasteiger partial charge is 0.366 e. The normalized spacial score (nSPS) is 11.5. The Kier molecular flexibility index (Phi) is 6.33. The third-order valence-electron chi connectivity index (χ3n) is 5.79. The van der Waals surface area contributed by atoms with Gasteiger partial charge in [0.2, 0.25) is 5.91 Å². The molecule has 2 amide bonds. The van der Waals surface area contributed by atoms with E-state index in [1.165, 1.54) is 29.1 Å². The molecule has 0 aliphatic carbocycles. The summed E-state index contributed by atoms with van der Waals surface area (Å²) in [4.78, 5) is 29.2. The molecule has 0 saturated heterocycles. The lowest BCUT2D eigenvalue weighted by molar-refractivity contribution is -0.137. The number of carbonyl (C=O) groups excluding carboxylic acids is 2. The van der Waals surface area contributed by atoms with E-state index in [-0.39, 0.29) is 33.2 Å². The molecule has 7 nitrogen and oxygen atoms in total. The quantitative estimate of drug-likeness (QED) is 0.283. The summed E-state index contributed by atoms with van der Waals surface area (Å²) in [6.45, 7) is 0. The Morgan fingerprint density at radius 2 is 1.68 bits per heavy atom. The molecule has 0 unspecified atom stereocenters. The van der Waals surface area contributed by atoms with Crippen LogP contribution in [0.4, 0.5) is 19.0 Å². The van der Waals surface area contributed by atoms with Crippen molar-refractivity contribution in [3.8, 4) is 16.9 Å². The second kappa shape index (κ2) is 9.64. The van der Waals surface area contributed by atoms with Gasteiger partial charge >= 0.3 is 6.18 Å². The van der Waals surface area contributed by atoms with Gasteiger partial charge in [-0.15, -0.1) is 0 Å². The van der Waals surface area contributed by atoms with Crippen molar-refractivity contribution in [2.24, 2.45) is 5.73 Å². The van der Waals surface area contributed by atoms with Crippen molar-refractivity contribution in [3.05, 3.63) is 107 Å². The molecule has 3 N–H and O–H groups in total. The topological polar surface area (TPSA) is 103 Å². The zero-order chi connectivity index (χ0) is 27.0. The molecule has 5 aromatic rings. The van der Waals surface area contributed by atoms with Gasteiger partial charge in [-0.2, -0.15) is 18.3 Å². The molecule has 3 aromatic carbocycles. The molecule has 0 aliphatic rings. The SMILES string of the molecule is NC(=O)c1ccc2c(NC(=O)c3cc(-c4ccccn4)c(C(F)(F)F)cc3Cl)n(-c3ccccc3)nc2c1. The minimum absolute atomic E-state index is 0.0318. The molecule has 190 valence electrons. The molecular formula is C27H17ClF3N5O2. The number of pyridine rings is 1. The van der Waals surface area contributed by atoms with Gasteiger partial charge in [0.05, 0.1) is 33.0 Å². The molecular weight excluding hydrogens is 519 g/mol. The Bertz CT molecular complexity index is 1690. The van der Waals surface area contributed by atoms with Crippen molar-refractivity contribution in [1.82, 2.24) is 14.8 Å². The number of halogens is 4. The summed E-state index contributed by atoms with van der Waals surface area (Å²) in [5.41, 5.74) is 5.11. The molecule has 0 saturated carbocycles. The second-order valence-corrected chi connectivity index (χ2v) is 8.64. The first kappa shape index (κ1) is 25.0. The minimum atomic E-state index is -4.73. The molecule has 0 bridgehead atoms. The van der Waals surface area contributed by atoms with Crippen LogP contribution in [0.3, 0.4) is 0 Å². The number of nitrogens with zero attached hydrogens (tertiary/aromatic N) is 3. The van der Waals surface area contributed by atoms with Crippen LogP contribution < -0.4 is 11.1 Å². The zero-order valence-electron chi connectivity index (χ0n) is 19.3. The van der Waals surface area contributed by atoms with Gasteiger partial charge in [0.1, 0.15) is 5.82 Å². The van der Waals surface area contributed by atoms with Crippen molar-refractivity contribution < 1.29 is 22.8 Å². The molecule has 0 fully saturated rings. The summed E-state index contributed by atoms with van der Waals surface area (Å²) in [5, 5.41) is 7.33. The van der Waals surface area contributed by atoms with Crippen LogP contribution in [0.25, 0.3) is 27.8 Å². The number of benzene rings is 3. The molecule has 2 heterocycles. The number of para-hydroxylation sites is 1. The molecule has 5 rings (SSSR count). The number of aromatic nitrogens is 3. The summed E-state index contributed by atoms with van der Waals surface area (Å²) in [5.74, 6) is -1.19. The van der Waals surface area contributed by atoms with Gasteiger partial charge in [0, 0.05) is 22.7 Å². The molecule has 2 aromatic heterocycles. The van der Waals surface area contributed by atoms with Crippen LogP contribution in [0.5, 0.6) is 0 Å².